The number of aromatic nitrogens is 1. The molecule has 0 bridgehead atoms. The van der Waals surface area contributed by atoms with E-state index in [0.717, 1.165) is 22.8 Å². The first-order valence-electron chi connectivity index (χ1n) is 10.4. The smallest absolute Gasteiger partial charge is 0.0820 e. The van der Waals surface area contributed by atoms with E-state index in [-0.39, 0.29) is 0 Å². The molecule has 0 aliphatic heterocycles. The van der Waals surface area contributed by atoms with Crippen LogP contribution in [0.1, 0.15) is 55.9 Å². The highest BCUT2D eigenvalue weighted by Gasteiger charge is 2.08. The van der Waals surface area contributed by atoms with Gasteiger partial charge in [-0.05, 0) is 112 Å². The van der Waals surface area contributed by atoms with Crippen LogP contribution in [-0.4, -0.2) is 17.4 Å². The third-order valence-electron chi connectivity index (χ3n) is 6.10. The molecule has 0 saturated heterocycles. The van der Waals surface area contributed by atoms with E-state index in [9.17, 15) is 0 Å². The second-order valence-corrected chi connectivity index (χ2v) is 8.22. The van der Waals surface area contributed by atoms with Gasteiger partial charge in [0, 0.05) is 0 Å². The van der Waals surface area contributed by atoms with E-state index in [4.69, 9.17) is 15.0 Å². The SMILES string of the molecule is Cc1cc(C)c(C)c(/N=C/c2cccc(/C=N/c3c(C)c(C)cc(C)c3C)n2)c1C. The molecule has 0 amide bonds. The molecule has 154 valence electrons. The Morgan fingerprint density at radius 2 is 0.900 bits per heavy atom. The van der Waals surface area contributed by atoms with Crippen LogP contribution < -0.4 is 0 Å². The Kier molecular flexibility index (Phi) is 6.31. The summed E-state index contributed by atoms with van der Waals surface area (Å²) in [5.74, 6) is 0. The van der Waals surface area contributed by atoms with Crippen LogP contribution in [0.15, 0.2) is 40.3 Å². The highest BCUT2D eigenvalue weighted by atomic mass is 14.8. The molecule has 0 N–H and O–H groups in total. The summed E-state index contributed by atoms with van der Waals surface area (Å²) in [5, 5.41) is 0. The lowest BCUT2D eigenvalue weighted by Crippen LogP contribution is -1.95. The van der Waals surface area contributed by atoms with Gasteiger partial charge in [-0.1, -0.05) is 18.2 Å². The number of aliphatic imine (C=N–C) groups is 2. The van der Waals surface area contributed by atoms with E-state index < -0.39 is 0 Å². The molecular formula is C27H31N3. The summed E-state index contributed by atoms with van der Waals surface area (Å²) in [4.78, 5) is 14.3. The van der Waals surface area contributed by atoms with Gasteiger partial charge in [-0.25, -0.2) is 4.98 Å². The van der Waals surface area contributed by atoms with Crippen LogP contribution in [-0.2, 0) is 0 Å². The van der Waals surface area contributed by atoms with Crippen molar-refractivity contribution in [2.45, 2.75) is 55.4 Å². The van der Waals surface area contributed by atoms with Gasteiger partial charge in [0.2, 0.25) is 0 Å². The summed E-state index contributed by atoms with van der Waals surface area (Å²) >= 11 is 0. The number of pyridine rings is 1. The topological polar surface area (TPSA) is 37.6 Å². The first kappa shape index (κ1) is 21.6. The van der Waals surface area contributed by atoms with Gasteiger partial charge >= 0.3 is 0 Å². The number of hydrogen-bond acceptors (Lipinski definition) is 3. The molecule has 0 saturated carbocycles. The molecule has 0 radical (unpaired) electrons. The van der Waals surface area contributed by atoms with E-state index in [1.54, 1.807) is 0 Å². The van der Waals surface area contributed by atoms with Crippen LogP contribution >= 0.6 is 0 Å². The molecule has 0 unspecified atom stereocenters. The minimum absolute atomic E-state index is 0.825. The highest BCUT2D eigenvalue weighted by molar-refractivity contribution is 5.85. The third-order valence-corrected chi connectivity index (χ3v) is 6.10. The van der Waals surface area contributed by atoms with Crippen molar-refractivity contribution in [3.05, 3.63) is 86.2 Å². The average molecular weight is 398 g/mol. The second-order valence-electron chi connectivity index (χ2n) is 8.22. The van der Waals surface area contributed by atoms with Gasteiger partial charge < -0.3 is 0 Å². The Hall–Kier alpha value is -3.07. The molecule has 3 nitrogen and oxygen atoms in total. The van der Waals surface area contributed by atoms with Crippen molar-refractivity contribution in [1.82, 2.24) is 4.98 Å². The molecule has 3 rings (SSSR count). The van der Waals surface area contributed by atoms with Crippen molar-refractivity contribution in [3.63, 3.8) is 0 Å². The monoisotopic (exact) mass is 397 g/mol. The zero-order valence-electron chi connectivity index (χ0n) is 19.4. The quantitative estimate of drug-likeness (QED) is 0.435. The predicted octanol–water partition coefficient (Wildman–Crippen LogP) is 7.05. The van der Waals surface area contributed by atoms with Gasteiger partial charge in [0.15, 0.2) is 0 Å². The lowest BCUT2D eigenvalue weighted by Gasteiger charge is -2.11. The zero-order valence-corrected chi connectivity index (χ0v) is 19.4. The molecule has 3 heteroatoms. The number of benzene rings is 2. The minimum Gasteiger partial charge on any atom is -0.254 e. The van der Waals surface area contributed by atoms with E-state index in [0.29, 0.717) is 0 Å². The number of rotatable bonds is 4. The molecule has 0 atom stereocenters. The maximum absolute atomic E-state index is 4.78. The molecule has 0 spiro atoms. The molecule has 2 aromatic carbocycles. The molecule has 3 aromatic rings. The van der Waals surface area contributed by atoms with Gasteiger partial charge in [0.05, 0.1) is 35.2 Å². The van der Waals surface area contributed by atoms with Crippen LogP contribution in [0.4, 0.5) is 11.4 Å². The average Bonchev–Trinajstić information content (AvgIpc) is 2.71. The first-order chi connectivity index (χ1) is 14.2. The highest BCUT2D eigenvalue weighted by Crippen LogP contribution is 2.30. The van der Waals surface area contributed by atoms with Crippen LogP contribution in [0.5, 0.6) is 0 Å². The van der Waals surface area contributed by atoms with E-state index >= 15 is 0 Å². The standard InChI is InChI=1S/C27H31N3/c1-16-12-17(2)21(6)26(20(16)5)28-14-24-10-9-11-25(30-24)15-29-27-22(7)18(3)13-19(4)23(27)8/h9-15H,1-8H3/b28-14+,29-15+. The van der Waals surface area contributed by atoms with Crippen molar-refractivity contribution >= 4 is 23.8 Å². The number of aryl methyl sites for hydroxylation is 4. The van der Waals surface area contributed by atoms with Crippen molar-refractivity contribution in [2.75, 3.05) is 0 Å². The molecular weight excluding hydrogens is 366 g/mol. The van der Waals surface area contributed by atoms with Crippen molar-refractivity contribution < 1.29 is 0 Å². The van der Waals surface area contributed by atoms with Gasteiger partial charge in [0.25, 0.3) is 0 Å². The van der Waals surface area contributed by atoms with E-state index in [1.807, 2.05) is 30.6 Å². The Morgan fingerprint density at radius 1 is 0.567 bits per heavy atom. The van der Waals surface area contributed by atoms with Crippen LogP contribution in [0.25, 0.3) is 0 Å². The van der Waals surface area contributed by atoms with Crippen LogP contribution in [0, 0.1) is 55.4 Å². The summed E-state index contributed by atoms with van der Waals surface area (Å²) in [5.41, 5.74) is 13.6. The fourth-order valence-electron chi connectivity index (χ4n) is 3.65. The zero-order chi connectivity index (χ0) is 22.0. The fourth-order valence-corrected chi connectivity index (χ4v) is 3.65. The Labute approximate surface area is 180 Å². The summed E-state index contributed by atoms with van der Waals surface area (Å²) in [7, 11) is 0. The molecule has 0 aliphatic rings. The van der Waals surface area contributed by atoms with E-state index in [2.05, 4.69) is 67.5 Å². The molecule has 1 heterocycles. The predicted molar refractivity (Wildman–Crippen MR) is 130 cm³/mol. The van der Waals surface area contributed by atoms with Gasteiger partial charge in [-0.2, -0.15) is 0 Å². The molecule has 0 aliphatic carbocycles. The van der Waals surface area contributed by atoms with Gasteiger partial charge in [-0.3, -0.25) is 9.98 Å². The summed E-state index contributed by atoms with van der Waals surface area (Å²) in [6, 6.07) is 10.4. The maximum Gasteiger partial charge on any atom is 0.0820 e. The summed E-state index contributed by atoms with van der Waals surface area (Å²) in [6.45, 7) is 17.0. The summed E-state index contributed by atoms with van der Waals surface area (Å²) < 4.78 is 0. The number of hydrogen-bond donors (Lipinski definition) is 0. The molecule has 30 heavy (non-hydrogen) atoms. The summed E-state index contributed by atoms with van der Waals surface area (Å²) in [6.07, 6.45) is 3.69. The third kappa shape index (κ3) is 4.40. The van der Waals surface area contributed by atoms with Crippen molar-refractivity contribution in [3.8, 4) is 0 Å². The normalized spacial score (nSPS) is 11.7. The number of nitrogens with zero attached hydrogens (tertiary/aromatic N) is 3. The fraction of sp³-hybridized carbons (Fsp3) is 0.296. The van der Waals surface area contributed by atoms with Crippen LogP contribution in [0.2, 0.25) is 0 Å². The Bertz CT molecular complexity index is 1030. The molecule has 1 aromatic heterocycles. The minimum atomic E-state index is 0.825. The maximum atomic E-state index is 4.78. The first-order valence-corrected chi connectivity index (χ1v) is 10.4. The molecule has 0 fully saturated rings. The van der Waals surface area contributed by atoms with Crippen molar-refractivity contribution in [2.24, 2.45) is 9.98 Å². The Morgan fingerprint density at radius 3 is 1.23 bits per heavy atom. The second kappa shape index (κ2) is 8.74. The van der Waals surface area contributed by atoms with Crippen LogP contribution in [0.3, 0.4) is 0 Å². The van der Waals surface area contributed by atoms with Gasteiger partial charge in [-0.15, -0.1) is 0 Å². The lowest BCUT2D eigenvalue weighted by molar-refractivity contribution is 1.21. The van der Waals surface area contributed by atoms with E-state index in [1.165, 1.54) is 44.5 Å². The largest absolute Gasteiger partial charge is 0.254 e. The van der Waals surface area contributed by atoms with Crippen molar-refractivity contribution in [1.29, 1.82) is 0 Å². The Balaban J connectivity index is 1.92. The van der Waals surface area contributed by atoms with Gasteiger partial charge in [0.1, 0.15) is 0 Å². The lowest BCUT2D eigenvalue weighted by atomic mass is 9.99.